The van der Waals surface area contributed by atoms with Crippen molar-refractivity contribution in [2.75, 3.05) is 26.2 Å². The normalized spacial score (nSPS) is 24.5. The Morgan fingerprint density at radius 3 is 2.28 bits per heavy atom. The number of piperidine rings is 1. The highest BCUT2D eigenvalue weighted by Gasteiger charge is 2.42. The van der Waals surface area contributed by atoms with Crippen LogP contribution in [-0.2, 0) is 10.0 Å². The van der Waals surface area contributed by atoms with E-state index in [1.54, 1.807) is 17.0 Å². The van der Waals surface area contributed by atoms with Crippen LogP contribution in [0.15, 0.2) is 53.4 Å². The number of rotatable bonds is 6. The number of piperazine rings is 1. The van der Waals surface area contributed by atoms with Crippen LogP contribution in [0.3, 0.4) is 0 Å². The van der Waals surface area contributed by atoms with Gasteiger partial charge in [0, 0.05) is 60.2 Å². The van der Waals surface area contributed by atoms with Gasteiger partial charge in [-0.15, -0.1) is 0 Å². The van der Waals surface area contributed by atoms with Crippen molar-refractivity contribution in [3.8, 4) is 5.75 Å². The summed E-state index contributed by atoms with van der Waals surface area (Å²) in [6.07, 6.45) is 4.85. The molecule has 0 saturated carbocycles. The minimum absolute atomic E-state index is 0.130. The second kappa shape index (κ2) is 10.4. The third-order valence-corrected chi connectivity index (χ3v) is 10.6. The number of carbonyl (C=O) groups is 1. The molecule has 1 unspecified atom stereocenters. The Labute approximate surface area is 234 Å². The third-order valence-electron chi connectivity index (χ3n) is 8.45. The van der Waals surface area contributed by atoms with E-state index in [1.807, 2.05) is 24.3 Å². The van der Waals surface area contributed by atoms with Crippen LogP contribution in [0.5, 0.6) is 5.75 Å². The van der Waals surface area contributed by atoms with E-state index in [0.29, 0.717) is 41.9 Å². The molecule has 3 saturated heterocycles. The number of H-pyrrole nitrogens is 1. The molecule has 39 heavy (non-hydrogen) atoms. The molecule has 0 spiro atoms. The fraction of sp³-hybridized carbons (Fsp3) is 0.483. The second-order valence-electron chi connectivity index (χ2n) is 11.2. The monoisotopic (exact) mass is 570 g/mol. The van der Waals surface area contributed by atoms with Crippen LogP contribution in [0, 0.1) is 0 Å². The van der Waals surface area contributed by atoms with Crippen LogP contribution in [0.25, 0.3) is 10.9 Å². The number of carbonyl (C=O) groups excluding carboxylic acids is 1. The smallest absolute Gasteiger partial charge is 0.270 e. The number of aromatic amines is 1. The first-order valence-corrected chi connectivity index (χ1v) is 15.6. The van der Waals surface area contributed by atoms with E-state index < -0.39 is 10.0 Å². The highest BCUT2D eigenvalue weighted by atomic mass is 35.5. The van der Waals surface area contributed by atoms with Crippen molar-refractivity contribution < 1.29 is 17.9 Å². The fourth-order valence-corrected chi connectivity index (χ4v) is 8.20. The summed E-state index contributed by atoms with van der Waals surface area (Å²) in [5.74, 6) is 0.707. The van der Waals surface area contributed by atoms with Crippen molar-refractivity contribution in [3.05, 3.63) is 59.2 Å². The summed E-state index contributed by atoms with van der Waals surface area (Å²) in [5, 5.41) is 1.42. The maximum Gasteiger partial charge on any atom is 0.270 e. The Balaban J connectivity index is 1.09. The van der Waals surface area contributed by atoms with Gasteiger partial charge in [-0.25, -0.2) is 8.42 Å². The molecule has 6 rings (SSSR count). The lowest BCUT2D eigenvalue weighted by molar-refractivity contribution is 0.0308. The van der Waals surface area contributed by atoms with Crippen LogP contribution >= 0.6 is 11.6 Å². The Hall–Kier alpha value is -2.59. The zero-order valence-corrected chi connectivity index (χ0v) is 23.9. The van der Waals surface area contributed by atoms with Crippen LogP contribution in [0.1, 0.15) is 50.0 Å². The van der Waals surface area contributed by atoms with Crippen molar-refractivity contribution in [1.29, 1.82) is 0 Å². The molecule has 0 radical (unpaired) electrons. The number of fused-ring (bicyclic) bond motifs is 3. The fourth-order valence-electron chi connectivity index (χ4n) is 6.65. The van der Waals surface area contributed by atoms with Crippen LogP contribution in [0.2, 0.25) is 5.02 Å². The Kier molecular flexibility index (Phi) is 7.12. The summed E-state index contributed by atoms with van der Waals surface area (Å²) < 4.78 is 33.8. The van der Waals surface area contributed by atoms with Gasteiger partial charge in [-0.2, -0.15) is 4.31 Å². The third kappa shape index (κ3) is 5.17. The summed E-state index contributed by atoms with van der Waals surface area (Å²) >= 11 is 5.90. The first-order chi connectivity index (χ1) is 18.7. The number of hydrogen-bond acceptors (Lipinski definition) is 5. The van der Waals surface area contributed by atoms with Crippen molar-refractivity contribution in [1.82, 2.24) is 19.1 Å². The van der Waals surface area contributed by atoms with E-state index in [-0.39, 0.29) is 30.0 Å². The average Bonchev–Trinajstić information content (AvgIpc) is 3.47. The molecule has 3 aliphatic rings. The number of sulfonamides is 1. The summed E-state index contributed by atoms with van der Waals surface area (Å²) in [4.78, 5) is 21.1. The zero-order chi connectivity index (χ0) is 27.3. The quantitative estimate of drug-likeness (QED) is 0.462. The van der Waals surface area contributed by atoms with Gasteiger partial charge in [-0.1, -0.05) is 11.6 Å². The SMILES string of the molecule is CC(C)N1[C@@H]2CC[C@H]1CC(Oc1ccc3[nH]c(C(=O)N4CCN(S(=O)(=O)c5ccc(Cl)cc5)CC4)cc3c1)C2. The van der Waals surface area contributed by atoms with Crippen LogP contribution in [-0.4, -0.2) is 83.8 Å². The summed E-state index contributed by atoms with van der Waals surface area (Å²) in [5.41, 5.74) is 1.38. The molecule has 1 amide bonds. The highest BCUT2D eigenvalue weighted by molar-refractivity contribution is 7.89. The number of benzene rings is 2. The molecule has 2 aromatic carbocycles. The highest BCUT2D eigenvalue weighted by Crippen LogP contribution is 2.39. The molecule has 208 valence electrons. The predicted molar refractivity (Wildman–Crippen MR) is 152 cm³/mol. The van der Waals surface area contributed by atoms with E-state index in [1.165, 1.54) is 29.3 Å². The molecule has 1 N–H and O–H groups in total. The maximum atomic E-state index is 13.3. The summed E-state index contributed by atoms with van der Waals surface area (Å²) in [6, 6.07) is 15.8. The number of hydrogen-bond donors (Lipinski definition) is 1. The Bertz CT molecular complexity index is 1450. The summed E-state index contributed by atoms with van der Waals surface area (Å²) in [6.45, 7) is 5.71. The van der Waals surface area contributed by atoms with Crippen molar-refractivity contribution in [2.45, 2.75) is 68.7 Å². The molecule has 1 aromatic heterocycles. The topological polar surface area (TPSA) is 85.9 Å². The number of amides is 1. The average molecular weight is 571 g/mol. The van der Waals surface area contributed by atoms with E-state index in [9.17, 15) is 13.2 Å². The molecule has 4 heterocycles. The first-order valence-electron chi connectivity index (χ1n) is 13.8. The molecular formula is C29H35ClN4O4S. The molecule has 0 aliphatic carbocycles. The number of nitrogens with one attached hydrogen (secondary N) is 1. The van der Waals surface area contributed by atoms with Crippen LogP contribution < -0.4 is 4.74 Å². The zero-order valence-electron chi connectivity index (χ0n) is 22.3. The number of halogens is 1. The van der Waals surface area contributed by atoms with Gasteiger partial charge in [0.05, 0.1) is 4.90 Å². The number of nitrogens with zero attached hydrogens (tertiary/aromatic N) is 3. The largest absolute Gasteiger partial charge is 0.490 e. The molecular weight excluding hydrogens is 536 g/mol. The lowest BCUT2D eigenvalue weighted by atomic mass is 9.98. The first kappa shape index (κ1) is 26.6. The van der Waals surface area contributed by atoms with Gasteiger partial charge < -0.3 is 14.6 Å². The molecule has 3 aliphatic heterocycles. The van der Waals surface area contributed by atoms with E-state index >= 15 is 0 Å². The molecule has 3 atom stereocenters. The standard InChI is InChI=1S/C29H35ClN4O4S/c1-19(2)34-22-5-6-23(34)18-25(17-22)38-24-7-10-27-20(15-24)16-28(31-27)29(35)32-11-13-33(14-12-32)39(36,37)26-8-3-21(30)4-9-26/h3-4,7-10,15-16,19,22-23,25,31H,5-6,11-14,17-18H2,1-2H3/t22-,23+,25?. The minimum Gasteiger partial charge on any atom is -0.490 e. The van der Waals surface area contributed by atoms with Gasteiger partial charge in [0.2, 0.25) is 10.0 Å². The van der Waals surface area contributed by atoms with Crippen molar-refractivity contribution in [2.24, 2.45) is 0 Å². The lowest BCUT2D eigenvalue weighted by Crippen LogP contribution is -2.50. The van der Waals surface area contributed by atoms with Gasteiger partial charge in [0.1, 0.15) is 17.5 Å². The van der Waals surface area contributed by atoms with Gasteiger partial charge >= 0.3 is 0 Å². The summed E-state index contributed by atoms with van der Waals surface area (Å²) in [7, 11) is -3.63. The van der Waals surface area contributed by atoms with E-state index in [2.05, 4.69) is 23.7 Å². The van der Waals surface area contributed by atoms with Crippen molar-refractivity contribution >= 4 is 38.4 Å². The second-order valence-corrected chi connectivity index (χ2v) is 13.6. The van der Waals surface area contributed by atoms with Gasteiger partial charge in [-0.3, -0.25) is 9.69 Å². The molecule has 2 bridgehead atoms. The number of ether oxygens (including phenoxy) is 1. The molecule has 8 nitrogen and oxygen atoms in total. The Morgan fingerprint density at radius 2 is 1.64 bits per heavy atom. The van der Waals surface area contributed by atoms with Gasteiger partial charge in [-0.05, 0) is 88.1 Å². The van der Waals surface area contributed by atoms with E-state index in [4.69, 9.17) is 16.3 Å². The van der Waals surface area contributed by atoms with Gasteiger partial charge in [0.25, 0.3) is 5.91 Å². The molecule has 10 heteroatoms. The lowest BCUT2D eigenvalue weighted by Gasteiger charge is -2.41. The van der Waals surface area contributed by atoms with Crippen LogP contribution in [0.4, 0.5) is 0 Å². The minimum atomic E-state index is -3.63. The maximum absolute atomic E-state index is 13.3. The Morgan fingerprint density at radius 1 is 0.974 bits per heavy atom. The number of aromatic nitrogens is 1. The van der Waals surface area contributed by atoms with Crippen molar-refractivity contribution in [3.63, 3.8) is 0 Å². The predicted octanol–water partition coefficient (Wildman–Crippen LogP) is 4.75. The van der Waals surface area contributed by atoms with Gasteiger partial charge in [0.15, 0.2) is 0 Å². The molecule has 3 fully saturated rings. The molecule has 3 aromatic rings. The van der Waals surface area contributed by atoms with E-state index in [0.717, 1.165) is 29.5 Å².